The molecule has 1 atom stereocenters. The fourth-order valence-electron chi connectivity index (χ4n) is 3.84. The highest BCUT2D eigenvalue weighted by atomic mass is 19.1. The van der Waals surface area contributed by atoms with E-state index in [9.17, 15) is 18.8 Å². The number of carbonyl (C=O) groups excluding carboxylic acids is 1. The molecule has 29 heavy (non-hydrogen) atoms. The summed E-state index contributed by atoms with van der Waals surface area (Å²) in [7, 11) is 0. The van der Waals surface area contributed by atoms with Crippen molar-refractivity contribution in [3.63, 3.8) is 0 Å². The smallest absolute Gasteiger partial charge is 0.332 e. The number of piperidine rings is 1. The number of hydrogen-bond acceptors (Lipinski definition) is 5. The zero-order valence-corrected chi connectivity index (χ0v) is 16.9. The zero-order chi connectivity index (χ0) is 21.1. The molecule has 2 aromatic rings. The number of hydrogen-bond donors (Lipinski definition) is 1. The van der Waals surface area contributed by atoms with E-state index in [2.05, 4.69) is 11.8 Å². The molecule has 156 valence electrons. The lowest BCUT2D eigenvalue weighted by Gasteiger charge is -2.32. The second-order valence-corrected chi connectivity index (χ2v) is 7.54. The van der Waals surface area contributed by atoms with Gasteiger partial charge in [0.1, 0.15) is 17.2 Å². The number of ketones is 1. The van der Waals surface area contributed by atoms with E-state index < -0.39 is 11.2 Å². The summed E-state index contributed by atoms with van der Waals surface area (Å²) in [5, 5.41) is 0. The largest absolute Gasteiger partial charge is 0.384 e. The molecule has 0 bridgehead atoms. The molecule has 2 N–H and O–H groups in total. The summed E-state index contributed by atoms with van der Waals surface area (Å²) < 4.78 is 15.4. The van der Waals surface area contributed by atoms with E-state index in [0.717, 1.165) is 30.4 Å². The van der Waals surface area contributed by atoms with Crippen molar-refractivity contribution in [2.75, 3.05) is 18.8 Å². The lowest BCUT2D eigenvalue weighted by molar-refractivity contribution is 0.0858. The molecule has 0 amide bonds. The third-order valence-corrected chi connectivity index (χ3v) is 5.60. The molecule has 2 heterocycles. The number of carbonyl (C=O) groups is 1. The van der Waals surface area contributed by atoms with Crippen molar-refractivity contribution in [1.82, 2.24) is 14.0 Å². The van der Waals surface area contributed by atoms with Gasteiger partial charge in [0.25, 0.3) is 5.56 Å². The van der Waals surface area contributed by atoms with Gasteiger partial charge >= 0.3 is 5.69 Å². The van der Waals surface area contributed by atoms with Crippen LogP contribution < -0.4 is 17.0 Å². The minimum Gasteiger partial charge on any atom is -0.384 e. The Kier molecular flexibility index (Phi) is 6.32. The monoisotopic (exact) mass is 402 g/mol. The van der Waals surface area contributed by atoms with E-state index in [1.165, 1.54) is 16.7 Å². The molecule has 1 saturated heterocycles. The predicted octanol–water partition coefficient (Wildman–Crippen LogP) is 1.86. The number of likely N-dealkylation sites (tertiary alicyclic amines) is 1. The van der Waals surface area contributed by atoms with Crippen molar-refractivity contribution in [1.29, 1.82) is 0 Å². The first kappa shape index (κ1) is 21.0. The fraction of sp³-hybridized carbons (Fsp3) is 0.476. The fourth-order valence-corrected chi connectivity index (χ4v) is 3.84. The number of Topliss-reactive ketones (excluding diaryl/α,β-unsaturated/α-hetero) is 1. The van der Waals surface area contributed by atoms with Crippen molar-refractivity contribution in [3.05, 3.63) is 62.0 Å². The minimum atomic E-state index is -0.653. The van der Waals surface area contributed by atoms with Crippen LogP contribution in [-0.4, -0.2) is 38.9 Å². The number of anilines is 1. The Hall–Kier alpha value is -2.74. The summed E-state index contributed by atoms with van der Waals surface area (Å²) in [5.41, 5.74) is 5.43. The van der Waals surface area contributed by atoms with E-state index in [1.807, 2.05) is 0 Å². The molecule has 1 fully saturated rings. The number of nitrogens with zero attached hydrogens (tertiary/aromatic N) is 3. The lowest BCUT2D eigenvalue weighted by Crippen LogP contribution is -2.46. The molecule has 1 aliphatic rings. The Morgan fingerprint density at radius 3 is 2.48 bits per heavy atom. The molecule has 1 aliphatic heterocycles. The van der Waals surface area contributed by atoms with Crippen molar-refractivity contribution < 1.29 is 9.18 Å². The molecular weight excluding hydrogens is 375 g/mol. The van der Waals surface area contributed by atoms with Crippen LogP contribution in [0.2, 0.25) is 0 Å². The summed E-state index contributed by atoms with van der Waals surface area (Å²) in [6, 6.07) is 5.92. The van der Waals surface area contributed by atoms with Crippen LogP contribution in [0.5, 0.6) is 0 Å². The van der Waals surface area contributed by atoms with Crippen LogP contribution in [0.15, 0.2) is 33.9 Å². The SMILES string of the molecule is CCn1c(=O)c(C(=O)CN2CCCCC2C)c(N)n(Cc2ccc(F)cc2)c1=O. The highest BCUT2D eigenvalue weighted by Crippen LogP contribution is 2.18. The van der Waals surface area contributed by atoms with Gasteiger partial charge in [0, 0.05) is 12.6 Å². The first-order valence-corrected chi connectivity index (χ1v) is 9.98. The molecule has 1 aromatic carbocycles. The first-order chi connectivity index (χ1) is 13.8. The minimum absolute atomic E-state index is 0.0472. The maximum Gasteiger partial charge on any atom is 0.332 e. The Bertz CT molecular complexity index is 1010. The van der Waals surface area contributed by atoms with Crippen molar-refractivity contribution >= 4 is 11.6 Å². The van der Waals surface area contributed by atoms with Gasteiger partial charge in [-0.2, -0.15) is 0 Å². The van der Waals surface area contributed by atoms with E-state index in [-0.39, 0.29) is 48.7 Å². The van der Waals surface area contributed by atoms with E-state index >= 15 is 0 Å². The molecule has 0 aliphatic carbocycles. The van der Waals surface area contributed by atoms with Gasteiger partial charge in [0.2, 0.25) is 0 Å². The molecule has 0 radical (unpaired) electrons. The molecule has 0 saturated carbocycles. The summed E-state index contributed by atoms with van der Waals surface area (Å²) in [4.78, 5) is 40.7. The van der Waals surface area contributed by atoms with Gasteiger partial charge in [-0.05, 0) is 50.9 Å². The quantitative estimate of drug-likeness (QED) is 0.745. The van der Waals surface area contributed by atoms with Gasteiger partial charge in [-0.1, -0.05) is 18.6 Å². The molecule has 1 unspecified atom stereocenters. The van der Waals surface area contributed by atoms with Gasteiger partial charge in [-0.15, -0.1) is 0 Å². The molecule has 1 aromatic heterocycles. The standard InChI is InChI=1S/C21H27FN4O3/c1-3-25-20(28)18(17(27)13-24-11-5-4-6-14(24)2)19(23)26(21(25)29)12-15-7-9-16(22)10-8-15/h7-10,14H,3-6,11-13,23H2,1-2H3. The number of nitrogens with two attached hydrogens (primary N) is 1. The molecule has 7 nitrogen and oxygen atoms in total. The summed E-state index contributed by atoms with van der Waals surface area (Å²) in [6.07, 6.45) is 3.14. The van der Waals surface area contributed by atoms with E-state index in [4.69, 9.17) is 5.73 Å². The highest BCUT2D eigenvalue weighted by Gasteiger charge is 2.26. The average Bonchev–Trinajstić information content (AvgIpc) is 2.69. The maximum atomic E-state index is 13.2. The van der Waals surface area contributed by atoms with E-state index in [0.29, 0.717) is 5.56 Å². The van der Waals surface area contributed by atoms with Gasteiger partial charge in [0.05, 0.1) is 13.1 Å². The van der Waals surface area contributed by atoms with Crippen LogP contribution in [-0.2, 0) is 13.1 Å². The van der Waals surface area contributed by atoms with Crippen molar-refractivity contribution in [2.45, 2.75) is 52.2 Å². The molecule has 8 heteroatoms. The topological polar surface area (TPSA) is 90.3 Å². The van der Waals surface area contributed by atoms with Crippen molar-refractivity contribution in [3.8, 4) is 0 Å². The van der Waals surface area contributed by atoms with Gasteiger partial charge in [-0.3, -0.25) is 23.6 Å². The maximum absolute atomic E-state index is 13.2. The molecular formula is C21H27FN4O3. The van der Waals surface area contributed by atoms with Crippen LogP contribution in [0.3, 0.4) is 0 Å². The average molecular weight is 402 g/mol. The Labute approximate surface area is 168 Å². The Morgan fingerprint density at radius 2 is 1.86 bits per heavy atom. The number of benzene rings is 1. The Balaban J connectivity index is 2.02. The first-order valence-electron chi connectivity index (χ1n) is 9.98. The van der Waals surface area contributed by atoms with Crippen LogP contribution in [0.4, 0.5) is 10.2 Å². The third kappa shape index (κ3) is 4.32. The number of nitrogen functional groups attached to an aromatic ring is 1. The highest BCUT2D eigenvalue weighted by molar-refractivity contribution is 6.01. The molecule has 3 rings (SSSR count). The second kappa shape index (κ2) is 8.73. The van der Waals surface area contributed by atoms with Gasteiger partial charge in [0.15, 0.2) is 5.78 Å². The molecule has 0 spiro atoms. The Morgan fingerprint density at radius 1 is 1.17 bits per heavy atom. The summed E-state index contributed by atoms with van der Waals surface area (Å²) in [6.45, 7) is 4.80. The number of aromatic nitrogens is 2. The van der Waals surface area contributed by atoms with Gasteiger partial charge < -0.3 is 5.73 Å². The number of rotatable bonds is 6. The second-order valence-electron chi connectivity index (χ2n) is 7.54. The van der Waals surface area contributed by atoms with Crippen molar-refractivity contribution in [2.24, 2.45) is 0 Å². The van der Waals surface area contributed by atoms with Crippen LogP contribution >= 0.6 is 0 Å². The predicted molar refractivity (Wildman–Crippen MR) is 110 cm³/mol. The zero-order valence-electron chi connectivity index (χ0n) is 16.9. The van der Waals surface area contributed by atoms with Crippen LogP contribution in [0.25, 0.3) is 0 Å². The normalized spacial score (nSPS) is 17.4. The summed E-state index contributed by atoms with van der Waals surface area (Å²) in [5.74, 6) is -0.904. The van der Waals surface area contributed by atoms with Crippen LogP contribution in [0.1, 0.15) is 49.0 Å². The van der Waals surface area contributed by atoms with Gasteiger partial charge in [-0.25, -0.2) is 9.18 Å². The summed E-state index contributed by atoms with van der Waals surface area (Å²) >= 11 is 0. The van der Waals surface area contributed by atoms with E-state index in [1.54, 1.807) is 19.1 Å². The lowest BCUT2D eigenvalue weighted by atomic mass is 10.0. The third-order valence-electron chi connectivity index (χ3n) is 5.60. The number of halogens is 1. The van der Waals surface area contributed by atoms with Crippen LogP contribution in [0, 0.1) is 5.82 Å².